The Hall–Kier alpha value is -1.35. The maximum Gasteiger partial charge on any atom is 0.153 e. The summed E-state index contributed by atoms with van der Waals surface area (Å²) in [4.78, 5) is 9.68. The van der Waals surface area contributed by atoms with Gasteiger partial charge in [-0.25, -0.2) is 10.0 Å². The van der Waals surface area contributed by atoms with E-state index in [1.165, 1.54) is 0 Å². The molecular weight excluding hydrogens is 164 g/mol. The Morgan fingerprint density at radius 1 is 1.54 bits per heavy atom. The van der Waals surface area contributed by atoms with Crippen LogP contribution in [0.5, 0.6) is 0 Å². The Bertz CT molecular complexity index is 297. The molecule has 0 spiro atoms. The second-order valence-corrected chi connectivity index (χ2v) is 2.98. The van der Waals surface area contributed by atoms with Gasteiger partial charge in [0.15, 0.2) is 5.82 Å². The van der Waals surface area contributed by atoms with Crippen molar-refractivity contribution in [3.63, 3.8) is 0 Å². The van der Waals surface area contributed by atoms with E-state index in [1.807, 2.05) is 29.3 Å². The number of hydroxylamine groups is 1. The molecule has 0 aromatic carbocycles. The normalized spacial score (nSPS) is 21.9. The fraction of sp³-hybridized carbons (Fsp3) is 0.300. The Morgan fingerprint density at radius 2 is 2.46 bits per heavy atom. The molecule has 1 aliphatic rings. The van der Waals surface area contributed by atoms with Crippen molar-refractivity contribution in [1.82, 2.24) is 4.98 Å². The molecule has 1 unspecified atom stereocenters. The van der Waals surface area contributed by atoms with Gasteiger partial charge < -0.3 is 0 Å². The monoisotopic (exact) mass is 176 g/mol. The number of nitrogens with zero attached hydrogens (tertiary/aromatic N) is 2. The molecule has 0 saturated heterocycles. The van der Waals surface area contributed by atoms with E-state index in [0.29, 0.717) is 6.61 Å². The molecule has 0 fully saturated rings. The minimum Gasteiger partial charge on any atom is -0.267 e. The zero-order chi connectivity index (χ0) is 9.10. The van der Waals surface area contributed by atoms with Crippen LogP contribution >= 0.6 is 0 Å². The lowest BCUT2D eigenvalue weighted by molar-refractivity contribution is 0.111. The first kappa shape index (κ1) is 8.26. The Balaban J connectivity index is 2.22. The number of hydrogen-bond acceptors (Lipinski definition) is 3. The van der Waals surface area contributed by atoms with Gasteiger partial charge in [-0.15, -0.1) is 0 Å². The summed E-state index contributed by atoms with van der Waals surface area (Å²) in [5.74, 6) is 0.861. The lowest BCUT2D eigenvalue weighted by atomic mass is 10.2. The highest BCUT2D eigenvalue weighted by Crippen LogP contribution is 2.16. The second kappa shape index (κ2) is 3.58. The Morgan fingerprint density at radius 3 is 3.15 bits per heavy atom. The van der Waals surface area contributed by atoms with Crippen LogP contribution in [0.25, 0.3) is 0 Å². The molecule has 0 radical (unpaired) electrons. The van der Waals surface area contributed by atoms with Crippen LogP contribution < -0.4 is 5.06 Å². The van der Waals surface area contributed by atoms with Gasteiger partial charge in [0.1, 0.15) is 0 Å². The van der Waals surface area contributed by atoms with E-state index in [4.69, 9.17) is 4.84 Å². The fourth-order valence-electron chi connectivity index (χ4n) is 1.33. The van der Waals surface area contributed by atoms with E-state index in [9.17, 15) is 0 Å². The van der Waals surface area contributed by atoms with Gasteiger partial charge in [-0.05, 0) is 19.1 Å². The van der Waals surface area contributed by atoms with Crippen molar-refractivity contribution < 1.29 is 4.84 Å². The average molecular weight is 176 g/mol. The van der Waals surface area contributed by atoms with Crippen LogP contribution in [0.3, 0.4) is 0 Å². The van der Waals surface area contributed by atoms with Gasteiger partial charge in [-0.3, -0.25) is 4.84 Å². The van der Waals surface area contributed by atoms with Gasteiger partial charge in [0.25, 0.3) is 0 Å². The van der Waals surface area contributed by atoms with Gasteiger partial charge in [0.2, 0.25) is 0 Å². The summed E-state index contributed by atoms with van der Waals surface area (Å²) in [6, 6.07) is 6.05. The van der Waals surface area contributed by atoms with Gasteiger partial charge in [0.05, 0.1) is 12.6 Å². The third-order valence-electron chi connectivity index (χ3n) is 1.97. The average Bonchev–Trinajstić information content (AvgIpc) is 2.20. The van der Waals surface area contributed by atoms with Crippen LogP contribution in [0.4, 0.5) is 5.82 Å². The summed E-state index contributed by atoms with van der Waals surface area (Å²) in [6.45, 7) is 2.70. The minimum absolute atomic E-state index is 0.253. The molecule has 1 aromatic rings. The van der Waals surface area contributed by atoms with Crippen LogP contribution in [0.15, 0.2) is 36.5 Å². The predicted octanol–water partition coefficient (Wildman–Crippen LogP) is 1.78. The van der Waals surface area contributed by atoms with Crippen LogP contribution in [0.1, 0.15) is 6.92 Å². The van der Waals surface area contributed by atoms with Crippen molar-refractivity contribution in [1.29, 1.82) is 0 Å². The largest absolute Gasteiger partial charge is 0.267 e. The summed E-state index contributed by atoms with van der Waals surface area (Å²) in [6.07, 6.45) is 5.89. The number of anilines is 1. The number of pyridine rings is 1. The maximum atomic E-state index is 5.46. The first-order chi connectivity index (χ1) is 6.38. The first-order valence-electron chi connectivity index (χ1n) is 4.38. The van der Waals surface area contributed by atoms with Crippen molar-refractivity contribution in [2.24, 2.45) is 0 Å². The minimum atomic E-state index is 0.253. The molecule has 3 nitrogen and oxygen atoms in total. The van der Waals surface area contributed by atoms with Crippen LogP contribution in [0, 0.1) is 0 Å². The first-order valence-corrected chi connectivity index (χ1v) is 4.38. The molecule has 0 amide bonds. The van der Waals surface area contributed by atoms with Crippen molar-refractivity contribution in [2.75, 3.05) is 11.7 Å². The van der Waals surface area contributed by atoms with Crippen molar-refractivity contribution >= 4 is 5.82 Å². The molecule has 13 heavy (non-hydrogen) atoms. The van der Waals surface area contributed by atoms with E-state index < -0.39 is 0 Å². The smallest absolute Gasteiger partial charge is 0.153 e. The van der Waals surface area contributed by atoms with Crippen molar-refractivity contribution in [3.05, 3.63) is 36.5 Å². The summed E-state index contributed by atoms with van der Waals surface area (Å²) < 4.78 is 0. The standard InChI is InChI=1S/C10H12N2O/c1-9-5-4-8-13-12(9)10-6-2-3-7-11-10/h2-7,9H,8H2,1H3. The maximum absolute atomic E-state index is 5.46. The summed E-state index contributed by atoms with van der Waals surface area (Å²) >= 11 is 0. The summed E-state index contributed by atoms with van der Waals surface area (Å²) in [7, 11) is 0. The zero-order valence-electron chi connectivity index (χ0n) is 7.55. The number of aromatic nitrogens is 1. The predicted molar refractivity (Wildman–Crippen MR) is 51.3 cm³/mol. The van der Waals surface area contributed by atoms with Crippen LogP contribution in [-0.2, 0) is 4.84 Å². The molecule has 1 aromatic heterocycles. The Kier molecular flexibility index (Phi) is 2.27. The fourth-order valence-corrected chi connectivity index (χ4v) is 1.33. The third kappa shape index (κ3) is 1.70. The molecule has 1 atom stereocenters. The highest BCUT2D eigenvalue weighted by molar-refractivity contribution is 5.37. The highest BCUT2D eigenvalue weighted by Gasteiger charge is 2.16. The van der Waals surface area contributed by atoms with E-state index in [2.05, 4.69) is 18.0 Å². The summed E-state index contributed by atoms with van der Waals surface area (Å²) in [5, 5.41) is 1.82. The lowest BCUT2D eigenvalue weighted by Crippen LogP contribution is -2.35. The lowest BCUT2D eigenvalue weighted by Gasteiger charge is -2.29. The molecule has 0 bridgehead atoms. The SMILES string of the molecule is CC1C=CCON1c1ccccn1. The van der Waals surface area contributed by atoms with Gasteiger partial charge in [-0.2, -0.15) is 0 Å². The molecule has 68 valence electrons. The van der Waals surface area contributed by atoms with Gasteiger partial charge in [0, 0.05) is 6.20 Å². The molecule has 2 heterocycles. The summed E-state index contributed by atoms with van der Waals surface area (Å²) in [5.41, 5.74) is 0. The van der Waals surface area contributed by atoms with E-state index in [1.54, 1.807) is 6.20 Å². The molecule has 3 heteroatoms. The number of hydrogen-bond donors (Lipinski definition) is 0. The highest BCUT2D eigenvalue weighted by atomic mass is 16.7. The second-order valence-electron chi connectivity index (χ2n) is 2.98. The van der Waals surface area contributed by atoms with Gasteiger partial charge >= 0.3 is 0 Å². The van der Waals surface area contributed by atoms with Crippen molar-refractivity contribution in [2.45, 2.75) is 13.0 Å². The quantitative estimate of drug-likeness (QED) is 0.610. The van der Waals surface area contributed by atoms with E-state index in [-0.39, 0.29) is 6.04 Å². The van der Waals surface area contributed by atoms with Gasteiger partial charge in [-0.1, -0.05) is 18.2 Å². The molecule has 0 N–H and O–H groups in total. The molecular formula is C10H12N2O. The molecule has 1 aliphatic heterocycles. The molecule has 0 aliphatic carbocycles. The van der Waals surface area contributed by atoms with Crippen LogP contribution in [0.2, 0.25) is 0 Å². The van der Waals surface area contributed by atoms with Crippen molar-refractivity contribution in [3.8, 4) is 0 Å². The van der Waals surface area contributed by atoms with E-state index >= 15 is 0 Å². The Labute approximate surface area is 77.6 Å². The molecule has 2 rings (SSSR count). The topological polar surface area (TPSA) is 25.4 Å². The zero-order valence-corrected chi connectivity index (χ0v) is 7.55. The third-order valence-corrected chi connectivity index (χ3v) is 1.97. The number of rotatable bonds is 1. The van der Waals surface area contributed by atoms with E-state index in [0.717, 1.165) is 5.82 Å². The molecule has 0 saturated carbocycles. The van der Waals surface area contributed by atoms with Crippen LogP contribution in [-0.4, -0.2) is 17.6 Å².